The predicted octanol–water partition coefficient (Wildman–Crippen LogP) is 1.97. The number of ether oxygens (including phenoxy) is 1. The molecule has 0 fully saturated rings. The number of aromatic nitrogens is 1. The number of amides is 1. The van der Waals surface area contributed by atoms with Crippen LogP contribution < -0.4 is 26.6 Å². The number of aromatic carboxylic acids is 1. The average molecular weight is 519 g/mol. The van der Waals surface area contributed by atoms with Crippen LogP contribution in [-0.2, 0) is 26.1 Å². The Labute approximate surface area is 214 Å². The highest BCUT2D eigenvalue weighted by molar-refractivity contribution is 7.16. The number of carboxylic acid groups (broad SMARTS) is 1. The maximum Gasteiger partial charge on any atom is 0.340 e. The molecule has 0 spiro atoms. The lowest BCUT2D eigenvalue weighted by atomic mass is 9.97. The maximum absolute atomic E-state index is 13.4. The fraction of sp³-hybridized carbons (Fsp3) is 0.231. The molecule has 1 atom stereocenters. The van der Waals surface area contributed by atoms with E-state index in [0.717, 1.165) is 20.7 Å². The van der Waals surface area contributed by atoms with Crippen molar-refractivity contribution in [2.45, 2.75) is 32.2 Å². The van der Waals surface area contributed by atoms with Crippen molar-refractivity contribution in [3.8, 4) is 5.75 Å². The first kappa shape index (κ1) is 23.2. The second kappa shape index (κ2) is 9.02. The number of rotatable bonds is 8. The van der Waals surface area contributed by atoms with Gasteiger partial charge in [-0.3, -0.25) is 19.8 Å². The highest BCUT2D eigenvalue weighted by Crippen LogP contribution is 2.37. The van der Waals surface area contributed by atoms with Gasteiger partial charge < -0.3 is 20.1 Å². The minimum Gasteiger partial charge on any atom is -0.488 e. The van der Waals surface area contributed by atoms with Gasteiger partial charge >= 0.3 is 17.1 Å². The van der Waals surface area contributed by atoms with E-state index >= 15 is 0 Å². The molecule has 2 aliphatic heterocycles. The van der Waals surface area contributed by atoms with E-state index in [1.165, 1.54) is 11.3 Å². The smallest absolute Gasteiger partial charge is 0.340 e. The highest BCUT2D eigenvalue weighted by Gasteiger charge is 2.35. The standard InChI is InChI=1S/C26H22N4O6S/c31-23-20-15(7-4-8-18(20)36-13-14-5-2-1-3-6-14)11-29(23)12-16-9-17-19(10-27-16)37-22(21(17)26(34)35)28-30-24(32)25(30)33/h1-8,16,27-28H,9-13H2,(H,34,35). The van der Waals surface area contributed by atoms with Gasteiger partial charge in [0.2, 0.25) is 0 Å². The number of nitrogens with zero attached hydrogens (tertiary/aromatic N) is 2. The van der Waals surface area contributed by atoms with Crippen molar-refractivity contribution in [2.24, 2.45) is 0 Å². The van der Waals surface area contributed by atoms with Gasteiger partial charge in [0.1, 0.15) is 17.4 Å². The lowest BCUT2D eigenvalue weighted by Crippen LogP contribution is -2.44. The molecule has 0 saturated heterocycles. The number of hydrogen-bond donors (Lipinski definition) is 3. The molecule has 0 aliphatic carbocycles. The van der Waals surface area contributed by atoms with E-state index in [0.29, 0.717) is 49.5 Å². The molecular weight excluding hydrogens is 496 g/mol. The van der Waals surface area contributed by atoms with Crippen LogP contribution in [0.2, 0.25) is 0 Å². The third-order valence-electron chi connectivity index (χ3n) is 6.71. The summed E-state index contributed by atoms with van der Waals surface area (Å²) in [6, 6.07) is 15.2. The Bertz CT molecular complexity index is 1570. The number of carboxylic acids is 1. The summed E-state index contributed by atoms with van der Waals surface area (Å²) >= 11 is 1.21. The van der Waals surface area contributed by atoms with E-state index in [4.69, 9.17) is 4.74 Å². The molecule has 0 bridgehead atoms. The number of hydrogen-bond acceptors (Lipinski definition) is 8. The Morgan fingerprint density at radius 3 is 2.62 bits per heavy atom. The average Bonchev–Trinajstić information content (AvgIpc) is 3.19. The van der Waals surface area contributed by atoms with Crippen molar-refractivity contribution in [1.82, 2.24) is 14.9 Å². The fourth-order valence-corrected chi connectivity index (χ4v) is 6.01. The van der Waals surface area contributed by atoms with Crippen LogP contribution in [0.5, 0.6) is 5.75 Å². The van der Waals surface area contributed by atoms with E-state index in [1.807, 2.05) is 42.5 Å². The molecule has 6 rings (SSSR count). The molecule has 188 valence electrons. The molecule has 1 amide bonds. The number of carbonyl (C=O) groups is 2. The summed E-state index contributed by atoms with van der Waals surface area (Å²) in [5.41, 5.74) is 4.42. The second-order valence-electron chi connectivity index (χ2n) is 9.10. The molecule has 1 unspecified atom stereocenters. The van der Waals surface area contributed by atoms with Gasteiger partial charge in [0.15, 0.2) is 0 Å². The Hall–Kier alpha value is -4.22. The molecule has 10 nitrogen and oxygen atoms in total. The minimum atomic E-state index is -1.13. The van der Waals surface area contributed by atoms with Gasteiger partial charge in [-0.2, -0.15) is 4.68 Å². The van der Waals surface area contributed by atoms with Crippen LogP contribution in [0.1, 0.15) is 42.3 Å². The summed E-state index contributed by atoms with van der Waals surface area (Å²) in [7, 11) is 0. The van der Waals surface area contributed by atoms with E-state index in [1.54, 1.807) is 11.0 Å². The summed E-state index contributed by atoms with van der Waals surface area (Å²) in [6.07, 6.45) is 0.397. The van der Waals surface area contributed by atoms with E-state index in [9.17, 15) is 24.3 Å². The summed E-state index contributed by atoms with van der Waals surface area (Å²) < 4.78 is 6.80. The predicted molar refractivity (Wildman–Crippen MR) is 136 cm³/mol. The van der Waals surface area contributed by atoms with Crippen molar-refractivity contribution < 1.29 is 19.4 Å². The van der Waals surface area contributed by atoms with Gasteiger partial charge in [-0.05, 0) is 29.2 Å². The molecule has 0 radical (unpaired) electrons. The molecule has 4 heterocycles. The van der Waals surface area contributed by atoms with Crippen molar-refractivity contribution in [1.29, 1.82) is 0 Å². The lowest BCUT2D eigenvalue weighted by Gasteiger charge is -2.28. The summed E-state index contributed by atoms with van der Waals surface area (Å²) in [5, 5.41) is 13.5. The molecule has 37 heavy (non-hydrogen) atoms. The van der Waals surface area contributed by atoms with Gasteiger partial charge in [-0.1, -0.05) is 42.5 Å². The summed E-state index contributed by atoms with van der Waals surface area (Å²) in [5.74, 6) is -0.697. The molecule has 4 aromatic rings. The van der Waals surface area contributed by atoms with Crippen LogP contribution in [0.25, 0.3) is 0 Å². The molecule has 3 N–H and O–H groups in total. The van der Waals surface area contributed by atoms with Crippen LogP contribution in [0, 0.1) is 0 Å². The zero-order valence-corrected chi connectivity index (χ0v) is 20.3. The number of nitrogens with one attached hydrogen (secondary N) is 2. The summed E-state index contributed by atoms with van der Waals surface area (Å²) in [6.45, 7) is 1.63. The lowest BCUT2D eigenvalue weighted by molar-refractivity contribution is 0.0693. The highest BCUT2D eigenvalue weighted by atomic mass is 32.1. The minimum absolute atomic E-state index is 0.0617. The molecule has 11 heteroatoms. The topological polar surface area (TPSA) is 130 Å². The van der Waals surface area contributed by atoms with Gasteiger partial charge in [0, 0.05) is 30.6 Å². The van der Waals surface area contributed by atoms with Crippen LogP contribution in [-0.4, -0.2) is 39.1 Å². The Morgan fingerprint density at radius 2 is 1.89 bits per heavy atom. The van der Waals surface area contributed by atoms with Crippen LogP contribution in [0.3, 0.4) is 0 Å². The van der Waals surface area contributed by atoms with Gasteiger partial charge in [-0.25, -0.2) is 4.79 Å². The number of fused-ring (bicyclic) bond motifs is 2. The first-order valence-corrected chi connectivity index (χ1v) is 12.6. The van der Waals surface area contributed by atoms with Crippen LogP contribution in [0.15, 0.2) is 58.1 Å². The van der Waals surface area contributed by atoms with Gasteiger partial charge in [0.05, 0.1) is 11.1 Å². The zero-order valence-electron chi connectivity index (χ0n) is 19.5. The Kier molecular flexibility index (Phi) is 5.65. The third kappa shape index (κ3) is 4.21. The van der Waals surface area contributed by atoms with E-state index in [2.05, 4.69) is 10.7 Å². The van der Waals surface area contributed by atoms with Crippen molar-refractivity contribution in [3.63, 3.8) is 0 Å². The first-order chi connectivity index (χ1) is 17.9. The van der Waals surface area contributed by atoms with Gasteiger partial charge in [0.25, 0.3) is 5.91 Å². The molecule has 2 aliphatic rings. The van der Waals surface area contributed by atoms with E-state index in [-0.39, 0.29) is 22.5 Å². The number of carbonyl (C=O) groups excluding carboxylic acids is 1. The normalized spacial score (nSPS) is 16.6. The third-order valence-corrected chi connectivity index (χ3v) is 7.85. The zero-order chi connectivity index (χ0) is 25.7. The molecular formula is C26H22N4O6S. The SMILES string of the molecule is O=C(O)c1c(Nn2c(=O)c2=O)sc2c1CC(CN1Cc3cccc(OCc4ccccc4)c3C1=O)NC2. The largest absolute Gasteiger partial charge is 0.488 e. The number of benzene rings is 2. The fourth-order valence-electron chi connectivity index (χ4n) is 4.85. The Morgan fingerprint density at radius 1 is 1.11 bits per heavy atom. The number of anilines is 1. The van der Waals surface area contributed by atoms with Crippen LogP contribution >= 0.6 is 11.3 Å². The molecule has 2 aromatic carbocycles. The van der Waals surface area contributed by atoms with Crippen molar-refractivity contribution in [2.75, 3.05) is 12.0 Å². The molecule has 2 aromatic heterocycles. The van der Waals surface area contributed by atoms with Crippen LogP contribution in [0.4, 0.5) is 5.00 Å². The Balaban J connectivity index is 1.17. The number of thiophene rings is 1. The molecule has 0 saturated carbocycles. The monoisotopic (exact) mass is 518 g/mol. The summed E-state index contributed by atoms with van der Waals surface area (Å²) in [4.78, 5) is 50.7. The van der Waals surface area contributed by atoms with E-state index < -0.39 is 17.1 Å². The maximum atomic E-state index is 13.4. The van der Waals surface area contributed by atoms with Gasteiger partial charge in [-0.15, -0.1) is 11.3 Å². The van der Waals surface area contributed by atoms with Crippen molar-refractivity contribution in [3.05, 3.63) is 102 Å². The van der Waals surface area contributed by atoms with Crippen molar-refractivity contribution >= 4 is 28.2 Å². The quantitative estimate of drug-likeness (QED) is 0.302. The second-order valence-corrected chi connectivity index (χ2v) is 10.2. The first-order valence-electron chi connectivity index (χ1n) is 11.7.